The molecule has 0 heterocycles. The van der Waals surface area contributed by atoms with Crippen molar-refractivity contribution in [1.82, 2.24) is 0 Å². The monoisotopic (exact) mass is 236 g/mol. The Hall–Kier alpha value is 0.380. The molecule has 0 spiro atoms. The second kappa shape index (κ2) is 13.0. The summed E-state index contributed by atoms with van der Waals surface area (Å²) in [6.07, 6.45) is 0. The van der Waals surface area contributed by atoms with Crippen molar-refractivity contribution in [2.24, 2.45) is 0 Å². The van der Waals surface area contributed by atoms with E-state index in [1.807, 2.05) is 18.2 Å². The fraction of sp³-hybridized carbons (Fsp3) is 0.143. The Bertz CT molecular complexity index is 140. The molecule has 4 heteroatoms. The lowest BCUT2D eigenvalue weighted by Crippen LogP contribution is -1.62. The number of rotatable bonds is 0. The van der Waals surface area contributed by atoms with Crippen LogP contribution in [0.3, 0.4) is 0 Å². The molecule has 68 valence electrons. The lowest BCUT2D eigenvalue weighted by atomic mass is 10.2. The van der Waals surface area contributed by atoms with Gasteiger partial charge in [0.05, 0.1) is 0 Å². The summed E-state index contributed by atoms with van der Waals surface area (Å²) in [6.45, 7) is 2.08. The summed E-state index contributed by atoms with van der Waals surface area (Å²) in [6, 6.07) is 10.3. The predicted molar refractivity (Wildman–Crippen MR) is 60.2 cm³/mol. The van der Waals surface area contributed by atoms with Crippen molar-refractivity contribution >= 4 is 49.6 Å². The van der Waals surface area contributed by atoms with E-state index in [0.29, 0.717) is 0 Å². The molecule has 0 saturated heterocycles. The minimum atomic E-state index is 0. The van der Waals surface area contributed by atoms with E-state index in [1.54, 1.807) is 0 Å². The van der Waals surface area contributed by atoms with Crippen LogP contribution in [0.5, 0.6) is 0 Å². The summed E-state index contributed by atoms with van der Waals surface area (Å²) < 4.78 is 0. The summed E-state index contributed by atoms with van der Waals surface area (Å²) in [5, 5.41) is 0. The molecule has 0 N–H and O–H groups in total. The summed E-state index contributed by atoms with van der Waals surface area (Å²) in [5.41, 5.74) is 1.32. The van der Waals surface area contributed by atoms with Crippen LogP contribution in [-0.2, 0) is 0 Å². The smallest absolute Gasteiger partial charge is 0.0398 e. The zero-order valence-corrected chi connectivity index (χ0v) is 9.29. The number of aryl methyl sites for hydroxylation is 1. The number of hydrogen-bond acceptors (Lipinski definition) is 0. The second-order valence-corrected chi connectivity index (χ2v) is 1.65. The van der Waals surface area contributed by atoms with Gasteiger partial charge in [0.1, 0.15) is 0 Å². The van der Waals surface area contributed by atoms with E-state index >= 15 is 0 Å². The highest BCUT2D eigenvalue weighted by Gasteiger charge is 1.72. The van der Waals surface area contributed by atoms with E-state index in [-0.39, 0.29) is 49.6 Å². The first kappa shape index (κ1) is 22.5. The van der Waals surface area contributed by atoms with Gasteiger partial charge in [-0.1, -0.05) is 35.9 Å². The summed E-state index contributed by atoms with van der Waals surface area (Å²) in [4.78, 5) is 0. The minimum absolute atomic E-state index is 0. The molecule has 0 aliphatic rings. The van der Waals surface area contributed by atoms with Gasteiger partial charge in [-0.15, -0.1) is 49.6 Å². The standard InChI is InChI=1S/C7H8.4ClH/c1-7-5-3-2-4-6-7;;;;/h2-6H,1H3;4*1H. The Balaban J connectivity index is -0.0000000612. The van der Waals surface area contributed by atoms with Crippen molar-refractivity contribution in [1.29, 1.82) is 0 Å². The zero-order valence-electron chi connectivity index (χ0n) is 6.02. The topological polar surface area (TPSA) is 0 Å². The van der Waals surface area contributed by atoms with Gasteiger partial charge in [-0.3, -0.25) is 0 Å². The Morgan fingerprint density at radius 3 is 1.27 bits per heavy atom. The van der Waals surface area contributed by atoms with E-state index in [0.717, 1.165) is 0 Å². The third-order valence-electron chi connectivity index (χ3n) is 0.940. The first-order valence-corrected chi connectivity index (χ1v) is 2.41. The molecule has 0 atom stereocenters. The van der Waals surface area contributed by atoms with Crippen molar-refractivity contribution in [3.63, 3.8) is 0 Å². The maximum Gasteiger partial charge on any atom is -0.0398 e. The molecule has 1 aromatic rings. The fourth-order valence-corrected chi connectivity index (χ4v) is 0.534. The number of benzene rings is 1. The van der Waals surface area contributed by atoms with Crippen LogP contribution in [0.2, 0.25) is 0 Å². The molecular weight excluding hydrogens is 226 g/mol. The van der Waals surface area contributed by atoms with Gasteiger partial charge in [0.2, 0.25) is 0 Å². The quantitative estimate of drug-likeness (QED) is 0.646. The number of halogens is 4. The van der Waals surface area contributed by atoms with Gasteiger partial charge in [0, 0.05) is 0 Å². The van der Waals surface area contributed by atoms with Crippen LogP contribution in [0, 0.1) is 6.92 Å². The highest BCUT2D eigenvalue weighted by molar-refractivity contribution is 5.86. The van der Waals surface area contributed by atoms with E-state index in [2.05, 4.69) is 19.1 Å². The van der Waals surface area contributed by atoms with E-state index < -0.39 is 0 Å². The molecule has 0 amide bonds. The lowest BCUT2D eigenvalue weighted by Gasteiger charge is -1.82. The van der Waals surface area contributed by atoms with Crippen molar-refractivity contribution < 1.29 is 0 Å². The Morgan fingerprint density at radius 1 is 0.727 bits per heavy atom. The number of hydrogen-bond donors (Lipinski definition) is 0. The maximum atomic E-state index is 2.08. The molecule has 0 aliphatic carbocycles. The van der Waals surface area contributed by atoms with Crippen LogP contribution in [0.25, 0.3) is 0 Å². The molecule has 0 nitrogen and oxygen atoms in total. The third-order valence-corrected chi connectivity index (χ3v) is 0.940. The molecule has 0 bridgehead atoms. The summed E-state index contributed by atoms with van der Waals surface area (Å²) in [7, 11) is 0. The molecule has 0 radical (unpaired) electrons. The molecule has 1 aromatic carbocycles. The van der Waals surface area contributed by atoms with Crippen LogP contribution >= 0.6 is 49.6 Å². The SMILES string of the molecule is Cc1ccccc1.Cl.Cl.Cl.Cl. The van der Waals surface area contributed by atoms with Gasteiger partial charge in [-0.2, -0.15) is 0 Å². The maximum absolute atomic E-state index is 2.08. The average Bonchev–Trinajstić information content (AvgIpc) is 1.69. The second-order valence-electron chi connectivity index (χ2n) is 1.65. The lowest BCUT2D eigenvalue weighted by molar-refractivity contribution is 1.48. The molecule has 1 rings (SSSR count). The van der Waals surface area contributed by atoms with Crippen LogP contribution in [0.4, 0.5) is 0 Å². The fourth-order valence-electron chi connectivity index (χ4n) is 0.534. The Labute approximate surface area is 92.4 Å². The Morgan fingerprint density at radius 2 is 1.09 bits per heavy atom. The normalized spacial score (nSPS) is 5.55. The molecule has 0 aromatic heterocycles. The predicted octanol–water partition coefficient (Wildman–Crippen LogP) is 3.68. The van der Waals surface area contributed by atoms with Gasteiger partial charge >= 0.3 is 0 Å². The van der Waals surface area contributed by atoms with Crippen molar-refractivity contribution in [2.75, 3.05) is 0 Å². The highest BCUT2D eigenvalue weighted by Crippen LogP contribution is 1.92. The minimum Gasteiger partial charge on any atom is -0.147 e. The van der Waals surface area contributed by atoms with Gasteiger partial charge in [-0.05, 0) is 6.92 Å². The largest absolute Gasteiger partial charge is 0.147 e. The molecule has 0 aliphatic heterocycles. The van der Waals surface area contributed by atoms with Gasteiger partial charge in [0.25, 0.3) is 0 Å². The third kappa shape index (κ3) is 10.4. The first-order valence-electron chi connectivity index (χ1n) is 2.41. The van der Waals surface area contributed by atoms with Gasteiger partial charge in [0.15, 0.2) is 0 Å². The van der Waals surface area contributed by atoms with E-state index in [4.69, 9.17) is 0 Å². The highest BCUT2D eigenvalue weighted by atomic mass is 35.5. The molecule has 0 fully saturated rings. The molecule has 11 heavy (non-hydrogen) atoms. The van der Waals surface area contributed by atoms with Crippen molar-refractivity contribution in [2.45, 2.75) is 6.92 Å². The Kier molecular flexibility index (Phi) is 26.6. The van der Waals surface area contributed by atoms with E-state index in [9.17, 15) is 0 Å². The van der Waals surface area contributed by atoms with Crippen LogP contribution in [-0.4, -0.2) is 0 Å². The van der Waals surface area contributed by atoms with Gasteiger partial charge < -0.3 is 0 Å². The first-order chi connectivity index (χ1) is 3.39. The van der Waals surface area contributed by atoms with Crippen LogP contribution < -0.4 is 0 Å². The summed E-state index contributed by atoms with van der Waals surface area (Å²) in [5.74, 6) is 0. The summed E-state index contributed by atoms with van der Waals surface area (Å²) >= 11 is 0. The molecular formula is C7H12Cl4. The molecule has 0 unspecified atom stereocenters. The van der Waals surface area contributed by atoms with E-state index in [1.165, 1.54) is 5.56 Å². The van der Waals surface area contributed by atoms with Crippen LogP contribution in [0.1, 0.15) is 5.56 Å². The van der Waals surface area contributed by atoms with Gasteiger partial charge in [-0.25, -0.2) is 0 Å². The zero-order chi connectivity index (χ0) is 5.11. The van der Waals surface area contributed by atoms with Crippen molar-refractivity contribution in [3.05, 3.63) is 35.9 Å². The van der Waals surface area contributed by atoms with Crippen molar-refractivity contribution in [3.8, 4) is 0 Å². The van der Waals surface area contributed by atoms with Crippen LogP contribution in [0.15, 0.2) is 30.3 Å². The average molecular weight is 238 g/mol. The molecule has 0 saturated carbocycles.